The van der Waals surface area contributed by atoms with Crippen LogP contribution in [0, 0.1) is 0 Å². The van der Waals surface area contributed by atoms with Gasteiger partial charge in [0.2, 0.25) is 0 Å². The number of nitrogens with zero attached hydrogens (tertiary/aromatic N) is 2. The summed E-state index contributed by atoms with van der Waals surface area (Å²) in [6.45, 7) is 0.163. The molecule has 0 radical (unpaired) electrons. The monoisotopic (exact) mass is 413 g/mol. The Labute approximate surface area is 151 Å². The minimum absolute atomic E-state index is 0.0964. The number of amides is 1. The van der Waals surface area contributed by atoms with Crippen molar-refractivity contribution in [1.29, 1.82) is 0 Å². The highest BCUT2D eigenvalue weighted by Crippen LogP contribution is 2.40. The van der Waals surface area contributed by atoms with Crippen molar-refractivity contribution in [2.75, 3.05) is 6.54 Å². The van der Waals surface area contributed by atoms with Crippen LogP contribution in [0.15, 0.2) is 34.8 Å². The van der Waals surface area contributed by atoms with Gasteiger partial charge in [0.05, 0.1) is 0 Å². The lowest BCUT2D eigenvalue weighted by Gasteiger charge is -2.11. The maximum atomic E-state index is 13.0. The molecule has 1 amide bonds. The van der Waals surface area contributed by atoms with E-state index in [4.69, 9.17) is 0 Å². The molecule has 4 nitrogen and oxygen atoms in total. The van der Waals surface area contributed by atoms with Gasteiger partial charge in [-0.3, -0.25) is 4.79 Å². The van der Waals surface area contributed by atoms with Crippen molar-refractivity contribution in [3.05, 3.63) is 57.6 Å². The lowest BCUT2D eigenvalue weighted by Crippen LogP contribution is -2.26. The van der Waals surface area contributed by atoms with Gasteiger partial charge in [-0.15, -0.1) is 0 Å². The van der Waals surface area contributed by atoms with Gasteiger partial charge in [0.15, 0.2) is 0 Å². The summed E-state index contributed by atoms with van der Waals surface area (Å²) in [5.74, 6) is -0.0962. The standard InChI is InChI=1S/C17H15BrF3N3O/c18-12-3-1-2-11(8-12)16(25)22-7-6-15-23-13(10-4-5-10)9-14(24-15)17(19,20)21/h1-3,8-10H,4-7H2,(H,22,25). The van der Waals surface area contributed by atoms with Gasteiger partial charge in [-0.25, -0.2) is 9.97 Å². The highest BCUT2D eigenvalue weighted by molar-refractivity contribution is 9.10. The van der Waals surface area contributed by atoms with E-state index in [9.17, 15) is 18.0 Å². The van der Waals surface area contributed by atoms with Crippen molar-refractivity contribution in [2.45, 2.75) is 31.4 Å². The number of hydrogen-bond donors (Lipinski definition) is 1. The molecule has 25 heavy (non-hydrogen) atoms. The number of carbonyl (C=O) groups is 1. The lowest BCUT2D eigenvalue weighted by molar-refractivity contribution is -0.141. The molecule has 1 heterocycles. The van der Waals surface area contributed by atoms with Crippen LogP contribution in [0.2, 0.25) is 0 Å². The molecule has 0 atom stereocenters. The summed E-state index contributed by atoms with van der Waals surface area (Å²) in [5, 5.41) is 2.68. The number of hydrogen-bond acceptors (Lipinski definition) is 3. The van der Waals surface area contributed by atoms with Crippen LogP contribution < -0.4 is 5.32 Å². The van der Waals surface area contributed by atoms with Gasteiger partial charge in [0, 0.05) is 34.6 Å². The number of halogens is 4. The zero-order chi connectivity index (χ0) is 18.0. The average molecular weight is 414 g/mol. The molecule has 8 heteroatoms. The molecule has 1 aliphatic carbocycles. The Morgan fingerprint density at radius 3 is 2.64 bits per heavy atom. The van der Waals surface area contributed by atoms with E-state index in [0.717, 1.165) is 23.4 Å². The highest BCUT2D eigenvalue weighted by Gasteiger charge is 2.35. The first-order valence-corrected chi connectivity index (χ1v) is 8.61. The largest absolute Gasteiger partial charge is 0.433 e. The van der Waals surface area contributed by atoms with E-state index < -0.39 is 11.9 Å². The Balaban J connectivity index is 1.66. The zero-order valence-electron chi connectivity index (χ0n) is 13.1. The summed E-state index contributed by atoms with van der Waals surface area (Å²) in [7, 11) is 0. The number of alkyl halides is 3. The molecule has 1 aromatic heterocycles. The molecule has 0 aliphatic heterocycles. The van der Waals surface area contributed by atoms with E-state index in [1.807, 2.05) is 0 Å². The van der Waals surface area contributed by atoms with Crippen LogP contribution in [-0.2, 0) is 12.6 Å². The van der Waals surface area contributed by atoms with Crippen LogP contribution in [0.5, 0.6) is 0 Å². The zero-order valence-corrected chi connectivity index (χ0v) is 14.7. The van der Waals surface area contributed by atoms with Crippen LogP contribution >= 0.6 is 15.9 Å². The Kier molecular flexibility index (Phi) is 5.08. The third-order valence-corrected chi connectivity index (χ3v) is 4.29. The number of carbonyl (C=O) groups excluding carboxylic acids is 1. The van der Waals surface area contributed by atoms with Gasteiger partial charge >= 0.3 is 6.18 Å². The van der Waals surface area contributed by atoms with E-state index in [-0.39, 0.29) is 30.6 Å². The van der Waals surface area contributed by atoms with E-state index >= 15 is 0 Å². The van der Waals surface area contributed by atoms with Crippen molar-refractivity contribution in [2.24, 2.45) is 0 Å². The first-order chi connectivity index (χ1) is 11.8. The summed E-state index contributed by atoms with van der Waals surface area (Å²) in [6, 6.07) is 7.89. The summed E-state index contributed by atoms with van der Waals surface area (Å²) < 4.78 is 39.7. The number of rotatable bonds is 5. The quantitative estimate of drug-likeness (QED) is 0.802. The Morgan fingerprint density at radius 1 is 1.24 bits per heavy atom. The molecule has 0 bridgehead atoms. The summed E-state index contributed by atoms with van der Waals surface area (Å²) in [4.78, 5) is 19.9. The van der Waals surface area contributed by atoms with Gasteiger partial charge in [-0.1, -0.05) is 22.0 Å². The lowest BCUT2D eigenvalue weighted by atomic mass is 10.2. The highest BCUT2D eigenvalue weighted by atomic mass is 79.9. The summed E-state index contributed by atoms with van der Waals surface area (Å²) in [5.41, 5.74) is -0.00800. The van der Waals surface area contributed by atoms with Crippen molar-refractivity contribution in [3.8, 4) is 0 Å². The van der Waals surface area contributed by atoms with Crippen LogP contribution in [0.4, 0.5) is 13.2 Å². The molecular formula is C17H15BrF3N3O. The fraction of sp³-hybridized carbons (Fsp3) is 0.353. The molecule has 132 valence electrons. The predicted octanol–water partition coefficient (Wildman–Crippen LogP) is 4.11. The van der Waals surface area contributed by atoms with Crippen molar-refractivity contribution in [1.82, 2.24) is 15.3 Å². The number of aromatic nitrogens is 2. The molecule has 1 fully saturated rings. The van der Waals surface area contributed by atoms with Crippen molar-refractivity contribution >= 4 is 21.8 Å². The molecule has 1 N–H and O–H groups in total. The van der Waals surface area contributed by atoms with Gasteiger partial charge in [-0.05, 0) is 37.1 Å². The molecule has 2 aromatic rings. The smallest absolute Gasteiger partial charge is 0.352 e. The SMILES string of the molecule is O=C(NCCc1nc(C2CC2)cc(C(F)(F)F)n1)c1cccc(Br)c1. The second-order valence-electron chi connectivity index (χ2n) is 5.88. The minimum Gasteiger partial charge on any atom is -0.352 e. The van der Waals surface area contributed by atoms with E-state index in [0.29, 0.717) is 11.3 Å². The Bertz CT molecular complexity index is 791. The maximum Gasteiger partial charge on any atom is 0.433 e. The van der Waals surface area contributed by atoms with Crippen molar-refractivity contribution < 1.29 is 18.0 Å². The second-order valence-corrected chi connectivity index (χ2v) is 6.80. The molecule has 0 spiro atoms. The normalized spacial score (nSPS) is 14.4. The van der Waals surface area contributed by atoms with Gasteiger partial charge in [0.1, 0.15) is 11.5 Å². The molecule has 1 saturated carbocycles. The molecule has 0 saturated heterocycles. The molecule has 1 aromatic carbocycles. The van der Waals surface area contributed by atoms with E-state index in [2.05, 4.69) is 31.2 Å². The Morgan fingerprint density at radius 2 is 2.00 bits per heavy atom. The van der Waals surface area contributed by atoms with Crippen molar-refractivity contribution in [3.63, 3.8) is 0 Å². The van der Waals surface area contributed by atoms with Gasteiger partial charge in [0.25, 0.3) is 5.91 Å². The van der Waals surface area contributed by atoms with Crippen LogP contribution in [0.3, 0.4) is 0 Å². The van der Waals surface area contributed by atoms with Crippen LogP contribution in [-0.4, -0.2) is 22.4 Å². The van der Waals surface area contributed by atoms with Gasteiger partial charge in [-0.2, -0.15) is 13.2 Å². The fourth-order valence-corrected chi connectivity index (χ4v) is 2.78. The third kappa shape index (κ3) is 4.78. The molecule has 3 rings (SSSR count). The topological polar surface area (TPSA) is 54.9 Å². The summed E-state index contributed by atoms with van der Waals surface area (Å²) >= 11 is 3.28. The first-order valence-electron chi connectivity index (χ1n) is 7.82. The predicted molar refractivity (Wildman–Crippen MR) is 89.2 cm³/mol. The number of benzene rings is 1. The molecular weight excluding hydrogens is 399 g/mol. The molecule has 0 unspecified atom stereocenters. The fourth-order valence-electron chi connectivity index (χ4n) is 2.38. The van der Waals surface area contributed by atoms with Crippen LogP contribution in [0.25, 0.3) is 0 Å². The van der Waals surface area contributed by atoms with E-state index in [1.165, 1.54) is 0 Å². The van der Waals surface area contributed by atoms with Gasteiger partial charge < -0.3 is 5.32 Å². The summed E-state index contributed by atoms with van der Waals surface area (Å²) in [6.07, 6.45) is -2.65. The van der Waals surface area contributed by atoms with Crippen LogP contribution in [0.1, 0.15) is 46.3 Å². The first kappa shape index (κ1) is 17.8. The van der Waals surface area contributed by atoms with E-state index in [1.54, 1.807) is 24.3 Å². The Hall–Kier alpha value is -1.96. The second kappa shape index (κ2) is 7.11. The maximum absolute atomic E-state index is 13.0. The average Bonchev–Trinajstić information content (AvgIpc) is 3.38. The minimum atomic E-state index is -4.50. The number of nitrogens with one attached hydrogen (secondary N) is 1. The molecule has 1 aliphatic rings. The third-order valence-electron chi connectivity index (χ3n) is 3.80.